The van der Waals surface area contributed by atoms with Gasteiger partial charge in [-0.1, -0.05) is 41.6 Å². The number of hydrogen-bond acceptors (Lipinski definition) is 8. The van der Waals surface area contributed by atoms with Gasteiger partial charge >= 0.3 is 0 Å². The first-order valence-electron chi connectivity index (χ1n) is 11.8. The Bertz CT molecular complexity index is 847. The van der Waals surface area contributed by atoms with Crippen LogP contribution in [-0.4, -0.2) is 86.6 Å². The highest BCUT2D eigenvalue weighted by Crippen LogP contribution is 2.33. The van der Waals surface area contributed by atoms with Crippen molar-refractivity contribution in [3.8, 4) is 11.3 Å². The third-order valence-electron chi connectivity index (χ3n) is 6.00. The van der Waals surface area contributed by atoms with Gasteiger partial charge in [0.05, 0.1) is 44.2 Å². The maximum atomic E-state index is 10.6. The van der Waals surface area contributed by atoms with Crippen molar-refractivity contribution in [2.24, 2.45) is 0 Å². The number of nitrogens with zero attached hydrogens (tertiary/aromatic N) is 3. The Balaban J connectivity index is 1.58. The number of rotatable bonds is 12. The van der Waals surface area contributed by atoms with Crippen LogP contribution in [0.3, 0.4) is 0 Å². The van der Waals surface area contributed by atoms with Gasteiger partial charge < -0.3 is 28.7 Å². The van der Waals surface area contributed by atoms with E-state index in [2.05, 4.69) is 21.5 Å². The zero-order valence-corrected chi connectivity index (χ0v) is 19.2. The van der Waals surface area contributed by atoms with Gasteiger partial charge in [0.2, 0.25) is 5.88 Å². The van der Waals surface area contributed by atoms with E-state index in [-0.39, 0.29) is 12.7 Å². The van der Waals surface area contributed by atoms with E-state index in [1.807, 2.05) is 30.3 Å². The summed E-state index contributed by atoms with van der Waals surface area (Å²) in [5.74, 6) is 0.784. The van der Waals surface area contributed by atoms with E-state index in [0.717, 1.165) is 61.8 Å². The minimum atomic E-state index is -0.613. The van der Waals surface area contributed by atoms with Gasteiger partial charge in [-0.15, -0.1) is 6.58 Å². The molecule has 0 radical (unpaired) electrons. The summed E-state index contributed by atoms with van der Waals surface area (Å²) in [5, 5.41) is 15.1. The maximum Gasteiger partial charge on any atom is 0.232 e. The summed E-state index contributed by atoms with van der Waals surface area (Å²) in [6, 6.07) is 10.1. The summed E-state index contributed by atoms with van der Waals surface area (Å²) in [6.45, 7) is 9.81. The molecule has 2 aromatic rings. The number of hydrogen-bond donors (Lipinski definition) is 1. The van der Waals surface area contributed by atoms with Crippen molar-refractivity contribution < 1.29 is 23.8 Å². The van der Waals surface area contributed by atoms with Crippen LogP contribution in [0.25, 0.3) is 11.3 Å². The standard InChI is InChI=1S/C25H35N3O5/c1-2-12-31-19-21(29)16-27(17-22-9-6-13-32-22)18-23-24(20-7-4-3-5-8-20)26-33-25(23)28-10-14-30-15-11-28/h2-5,7-8,21-22,29H,1,6,9-19H2/t21-,22-/m0/s1. The molecular formula is C25H35N3O5. The number of morpholine rings is 1. The van der Waals surface area contributed by atoms with Crippen molar-refractivity contribution >= 4 is 5.88 Å². The second-order valence-electron chi connectivity index (χ2n) is 8.59. The Labute approximate surface area is 195 Å². The summed E-state index contributed by atoms with van der Waals surface area (Å²) >= 11 is 0. The summed E-state index contributed by atoms with van der Waals surface area (Å²) < 4.78 is 22.8. The van der Waals surface area contributed by atoms with Crippen LogP contribution in [-0.2, 0) is 20.8 Å². The molecule has 2 fully saturated rings. The highest BCUT2D eigenvalue weighted by Gasteiger charge is 2.28. The predicted molar refractivity (Wildman–Crippen MR) is 126 cm³/mol. The smallest absolute Gasteiger partial charge is 0.232 e. The van der Waals surface area contributed by atoms with E-state index in [1.165, 1.54) is 0 Å². The maximum absolute atomic E-state index is 10.6. The number of aromatic nitrogens is 1. The Kier molecular flexibility index (Phi) is 8.91. The van der Waals surface area contributed by atoms with E-state index in [9.17, 15) is 5.11 Å². The lowest BCUT2D eigenvalue weighted by molar-refractivity contribution is 0.00857. The van der Waals surface area contributed by atoms with Gasteiger partial charge in [-0.05, 0) is 12.8 Å². The number of ether oxygens (including phenoxy) is 3. The second kappa shape index (κ2) is 12.3. The van der Waals surface area contributed by atoms with Gasteiger partial charge in [0.1, 0.15) is 5.69 Å². The third kappa shape index (κ3) is 6.65. The molecule has 33 heavy (non-hydrogen) atoms. The van der Waals surface area contributed by atoms with Crippen molar-refractivity contribution in [3.05, 3.63) is 48.6 Å². The largest absolute Gasteiger partial charge is 0.389 e. The fraction of sp³-hybridized carbons (Fsp3) is 0.560. The molecule has 4 rings (SSSR count). The van der Waals surface area contributed by atoms with Crippen LogP contribution in [0, 0.1) is 0 Å². The zero-order chi connectivity index (χ0) is 22.9. The molecule has 0 saturated carbocycles. The van der Waals surface area contributed by atoms with Gasteiger partial charge in [-0.25, -0.2) is 0 Å². The molecule has 1 aromatic heterocycles. The van der Waals surface area contributed by atoms with Crippen LogP contribution in [0.1, 0.15) is 18.4 Å². The normalized spacial score (nSPS) is 19.8. The number of aliphatic hydroxyl groups is 1. The zero-order valence-electron chi connectivity index (χ0n) is 19.2. The third-order valence-corrected chi connectivity index (χ3v) is 6.00. The van der Waals surface area contributed by atoms with E-state index < -0.39 is 6.10 Å². The molecule has 2 atom stereocenters. The van der Waals surface area contributed by atoms with Gasteiger partial charge in [-0.3, -0.25) is 4.90 Å². The molecule has 1 aromatic carbocycles. The highest BCUT2D eigenvalue weighted by molar-refractivity contribution is 5.68. The summed E-state index contributed by atoms with van der Waals surface area (Å²) in [5.41, 5.74) is 2.88. The van der Waals surface area contributed by atoms with E-state index in [0.29, 0.717) is 32.9 Å². The molecule has 8 heteroatoms. The first-order chi connectivity index (χ1) is 16.2. The molecule has 0 unspecified atom stereocenters. The number of benzene rings is 1. The first kappa shape index (κ1) is 23.9. The van der Waals surface area contributed by atoms with Crippen LogP contribution in [0.4, 0.5) is 5.88 Å². The van der Waals surface area contributed by atoms with Crippen LogP contribution in [0.5, 0.6) is 0 Å². The lowest BCUT2D eigenvalue weighted by Gasteiger charge is -2.30. The predicted octanol–water partition coefficient (Wildman–Crippen LogP) is 2.72. The van der Waals surface area contributed by atoms with Gasteiger partial charge in [0.15, 0.2) is 0 Å². The minimum absolute atomic E-state index is 0.165. The summed E-state index contributed by atoms with van der Waals surface area (Å²) in [6.07, 6.45) is 3.35. The van der Waals surface area contributed by atoms with Crippen molar-refractivity contribution in [1.82, 2.24) is 10.1 Å². The molecule has 0 spiro atoms. The highest BCUT2D eigenvalue weighted by atomic mass is 16.5. The van der Waals surface area contributed by atoms with E-state index in [1.54, 1.807) is 6.08 Å². The minimum Gasteiger partial charge on any atom is -0.389 e. The van der Waals surface area contributed by atoms with Crippen molar-refractivity contribution in [2.45, 2.75) is 31.6 Å². The lowest BCUT2D eigenvalue weighted by atomic mass is 10.1. The van der Waals surface area contributed by atoms with Gasteiger partial charge in [0.25, 0.3) is 0 Å². The van der Waals surface area contributed by atoms with Gasteiger partial charge in [0, 0.05) is 44.9 Å². The molecule has 8 nitrogen and oxygen atoms in total. The fourth-order valence-corrected chi connectivity index (χ4v) is 4.42. The Morgan fingerprint density at radius 3 is 2.79 bits per heavy atom. The average molecular weight is 458 g/mol. The average Bonchev–Trinajstić information content (AvgIpc) is 3.50. The SMILES string of the molecule is C=CCOC[C@@H](O)CN(Cc1c(-c2ccccc2)noc1N1CCOCC1)C[C@@H]1CCCO1. The fourth-order valence-electron chi connectivity index (χ4n) is 4.42. The molecule has 2 aliphatic heterocycles. The Morgan fingerprint density at radius 2 is 2.06 bits per heavy atom. The quantitative estimate of drug-likeness (QED) is 0.385. The van der Waals surface area contributed by atoms with Gasteiger partial charge in [-0.2, -0.15) is 0 Å². The molecule has 180 valence electrons. The van der Waals surface area contributed by atoms with Crippen LogP contribution in [0.15, 0.2) is 47.5 Å². The molecule has 1 N–H and O–H groups in total. The lowest BCUT2D eigenvalue weighted by Crippen LogP contribution is -2.40. The van der Waals surface area contributed by atoms with E-state index in [4.69, 9.17) is 18.7 Å². The Morgan fingerprint density at radius 1 is 1.24 bits per heavy atom. The second-order valence-corrected chi connectivity index (χ2v) is 8.59. The first-order valence-corrected chi connectivity index (χ1v) is 11.8. The molecule has 2 aliphatic rings. The molecule has 0 aliphatic carbocycles. The van der Waals surface area contributed by atoms with Crippen LogP contribution < -0.4 is 4.90 Å². The van der Waals surface area contributed by atoms with Crippen molar-refractivity contribution in [3.63, 3.8) is 0 Å². The Hall–Kier alpha value is -2.23. The monoisotopic (exact) mass is 457 g/mol. The van der Waals surface area contributed by atoms with Crippen molar-refractivity contribution in [2.75, 3.05) is 64.1 Å². The molecule has 0 amide bonds. The molecular weight excluding hydrogens is 422 g/mol. The summed E-state index contributed by atoms with van der Waals surface area (Å²) in [4.78, 5) is 4.44. The molecule has 2 saturated heterocycles. The van der Waals surface area contributed by atoms with Crippen molar-refractivity contribution in [1.29, 1.82) is 0 Å². The number of anilines is 1. The topological polar surface area (TPSA) is 80.4 Å². The number of aliphatic hydroxyl groups excluding tert-OH is 1. The van der Waals surface area contributed by atoms with Crippen LogP contribution >= 0.6 is 0 Å². The molecule has 0 bridgehead atoms. The summed E-state index contributed by atoms with van der Waals surface area (Å²) in [7, 11) is 0. The van der Waals surface area contributed by atoms with E-state index >= 15 is 0 Å². The molecule has 3 heterocycles. The van der Waals surface area contributed by atoms with Crippen LogP contribution in [0.2, 0.25) is 0 Å².